The van der Waals surface area contributed by atoms with Crippen LogP contribution in [0.25, 0.3) is 10.4 Å². The van der Waals surface area contributed by atoms with E-state index in [0.29, 0.717) is 45.6 Å². The first-order valence-electron chi connectivity index (χ1n) is 13.1. The monoisotopic (exact) mass is 565 g/mol. The third-order valence-electron chi connectivity index (χ3n) is 6.16. The Morgan fingerprint density at radius 1 is 1.26 bits per heavy atom. The maximum Gasteiger partial charge on any atom is 0.314 e. The van der Waals surface area contributed by atoms with Crippen molar-refractivity contribution in [3.63, 3.8) is 0 Å². The van der Waals surface area contributed by atoms with Gasteiger partial charge in [-0.25, -0.2) is 10.6 Å². The number of carbonyl (C=O) groups is 1. The van der Waals surface area contributed by atoms with Gasteiger partial charge in [-0.2, -0.15) is 0 Å². The molecule has 0 heterocycles. The third-order valence-corrected chi connectivity index (χ3v) is 6.54. The zero-order valence-corrected chi connectivity index (χ0v) is 25.4. The number of ether oxygens (including phenoxy) is 1. The average Bonchev–Trinajstić information content (AvgIpc) is 2.85. The second-order valence-electron chi connectivity index (χ2n) is 11.3. The van der Waals surface area contributed by atoms with Crippen molar-refractivity contribution < 1.29 is 14.6 Å². The van der Waals surface area contributed by atoms with Gasteiger partial charge in [-0.15, -0.1) is 0 Å². The summed E-state index contributed by atoms with van der Waals surface area (Å²) in [5, 5.41) is 23.6. The molecule has 0 bridgehead atoms. The van der Waals surface area contributed by atoms with Crippen molar-refractivity contribution in [2.45, 2.75) is 58.6 Å². The number of nitrogens with zero attached hydrogens (tertiary/aromatic N) is 5. The van der Waals surface area contributed by atoms with Crippen LogP contribution >= 0.6 is 9.39 Å². The first-order valence-corrected chi connectivity index (χ1v) is 13.6. The Labute approximate surface area is 235 Å². The molecular weight excluding hydrogens is 517 g/mol. The number of urea groups is 1. The maximum absolute atomic E-state index is 12.4. The van der Waals surface area contributed by atoms with Crippen LogP contribution < -0.4 is 21.6 Å². The van der Waals surface area contributed by atoms with Gasteiger partial charge in [0.15, 0.2) is 0 Å². The number of phenolic OH excluding ortho intramolecular Hbond substituents is 1. The van der Waals surface area contributed by atoms with E-state index in [1.165, 1.54) is 0 Å². The topological polar surface area (TPSA) is 164 Å². The van der Waals surface area contributed by atoms with Crippen molar-refractivity contribution in [1.82, 2.24) is 25.6 Å². The largest absolute Gasteiger partial charge is 0.508 e. The number of aromatic hydroxyl groups is 1. The number of phenols is 1. The lowest BCUT2D eigenvalue weighted by Crippen LogP contribution is -2.45. The lowest BCUT2D eigenvalue weighted by atomic mass is 9.93. The Morgan fingerprint density at radius 2 is 1.92 bits per heavy atom. The van der Waals surface area contributed by atoms with Gasteiger partial charge in [-0.1, -0.05) is 31.1 Å². The van der Waals surface area contributed by atoms with Gasteiger partial charge >= 0.3 is 6.03 Å². The fourth-order valence-electron chi connectivity index (χ4n) is 3.71. The summed E-state index contributed by atoms with van der Waals surface area (Å²) in [7, 11) is 6.42. The Balaban J connectivity index is 2.48. The van der Waals surface area contributed by atoms with Gasteiger partial charge < -0.3 is 35.5 Å². The van der Waals surface area contributed by atoms with Gasteiger partial charge in [0, 0.05) is 60.9 Å². The van der Waals surface area contributed by atoms with Crippen LogP contribution in [0.3, 0.4) is 0 Å². The minimum Gasteiger partial charge on any atom is -0.508 e. The standard InChI is InChI=1S/C26H48N9O3P/c1-25(2,19-38-26(3,4)12-14-31-33-27)18-35(28)17-21(32-39)11-13-29-24(37)30-16-22(34(5)6)15-20-7-9-23(36)10-8-20/h7-10,17,22,32,36H,11-16,18-19,28,39H2,1-6H3,(H2,29,30,37)/b21-17-/t22-/m0/s1. The Morgan fingerprint density at radius 3 is 2.51 bits per heavy atom. The number of rotatable bonds is 18. The van der Waals surface area contributed by atoms with Gasteiger partial charge in [0.1, 0.15) is 5.75 Å². The molecule has 1 aromatic rings. The van der Waals surface area contributed by atoms with E-state index < -0.39 is 5.60 Å². The second kappa shape index (κ2) is 17.0. The van der Waals surface area contributed by atoms with Crippen LogP contribution in [-0.4, -0.2) is 79.6 Å². The summed E-state index contributed by atoms with van der Waals surface area (Å²) in [6.07, 6.45) is 3.77. The predicted octanol–water partition coefficient (Wildman–Crippen LogP) is 3.47. The predicted molar refractivity (Wildman–Crippen MR) is 160 cm³/mol. The Hall–Kier alpha value is -2.75. The molecule has 12 nitrogen and oxygen atoms in total. The maximum atomic E-state index is 12.4. The molecule has 39 heavy (non-hydrogen) atoms. The van der Waals surface area contributed by atoms with Crippen molar-refractivity contribution in [3.8, 4) is 5.75 Å². The minimum atomic E-state index is -0.405. The summed E-state index contributed by atoms with van der Waals surface area (Å²) >= 11 is 0. The molecule has 0 radical (unpaired) electrons. The van der Waals surface area contributed by atoms with Gasteiger partial charge in [0.05, 0.1) is 12.2 Å². The summed E-state index contributed by atoms with van der Waals surface area (Å²) in [5.74, 6) is 6.50. The number of carbonyl (C=O) groups excluding carboxylic acids is 1. The zero-order chi connectivity index (χ0) is 29.5. The molecule has 0 saturated heterocycles. The van der Waals surface area contributed by atoms with Gasteiger partial charge in [-0.3, -0.25) is 0 Å². The molecule has 0 aliphatic heterocycles. The van der Waals surface area contributed by atoms with E-state index in [1.54, 1.807) is 17.1 Å². The molecule has 2 amide bonds. The van der Waals surface area contributed by atoms with E-state index in [9.17, 15) is 9.90 Å². The Bertz CT molecular complexity index is 948. The molecule has 0 aromatic heterocycles. The fourth-order valence-corrected chi connectivity index (χ4v) is 3.93. The number of hydrazine groups is 1. The molecule has 0 saturated carbocycles. The number of nitrogens with one attached hydrogen (secondary N) is 3. The minimum absolute atomic E-state index is 0.110. The summed E-state index contributed by atoms with van der Waals surface area (Å²) in [6.45, 7) is 10.5. The molecule has 220 valence electrons. The van der Waals surface area contributed by atoms with Crippen LogP contribution in [0.15, 0.2) is 41.3 Å². The van der Waals surface area contributed by atoms with Crippen LogP contribution in [0.5, 0.6) is 5.75 Å². The van der Waals surface area contributed by atoms with Crippen molar-refractivity contribution in [2.24, 2.45) is 16.4 Å². The molecule has 1 rings (SSSR count). The summed E-state index contributed by atoms with van der Waals surface area (Å²) < 4.78 is 6.08. The first kappa shape index (κ1) is 34.3. The third kappa shape index (κ3) is 15.4. The molecule has 13 heteroatoms. The van der Waals surface area contributed by atoms with Crippen molar-refractivity contribution >= 4 is 15.4 Å². The summed E-state index contributed by atoms with van der Waals surface area (Å²) in [4.78, 5) is 17.2. The van der Waals surface area contributed by atoms with Crippen molar-refractivity contribution in [3.05, 3.63) is 52.2 Å². The van der Waals surface area contributed by atoms with Crippen LogP contribution in [0.2, 0.25) is 0 Å². The van der Waals surface area contributed by atoms with Gasteiger partial charge in [0.25, 0.3) is 0 Å². The molecule has 2 atom stereocenters. The van der Waals surface area contributed by atoms with Crippen LogP contribution in [0, 0.1) is 5.41 Å². The Kier molecular flexibility index (Phi) is 15.0. The highest BCUT2D eigenvalue weighted by molar-refractivity contribution is 7.14. The van der Waals surface area contributed by atoms with Gasteiger partial charge in [-0.05, 0) is 73.4 Å². The molecular formula is C26H48N9O3P. The van der Waals surface area contributed by atoms with Crippen molar-refractivity contribution in [2.75, 3.05) is 46.9 Å². The first-order chi connectivity index (χ1) is 18.3. The normalized spacial score (nSPS) is 13.0. The van der Waals surface area contributed by atoms with E-state index in [1.807, 2.05) is 46.3 Å². The highest BCUT2D eigenvalue weighted by Crippen LogP contribution is 2.23. The van der Waals surface area contributed by atoms with Crippen molar-refractivity contribution in [1.29, 1.82) is 0 Å². The van der Waals surface area contributed by atoms with E-state index in [4.69, 9.17) is 16.1 Å². The average molecular weight is 566 g/mol. The molecule has 1 aromatic carbocycles. The number of amides is 2. The number of likely N-dealkylation sites (N-methyl/N-ethyl adjacent to an activating group) is 1. The lowest BCUT2D eigenvalue weighted by Gasteiger charge is -2.34. The van der Waals surface area contributed by atoms with E-state index in [-0.39, 0.29) is 23.2 Å². The van der Waals surface area contributed by atoms with E-state index in [0.717, 1.165) is 17.7 Å². The quantitative estimate of drug-likeness (QED) is 0.0454. The van der Waals surface area contributed by atoms with E-state index in [2.05, 4.69) is 53.9 Å². The number of hydrogen-bond donors (Lipinski definition) is 5. The highest BCUT2D eigenvalue weighted by atomic mass is 31.0. The number of azide groups is 1. The number of benzene rings is 1. The molecule has 0 spiro atoms. The molecule has 6 N–H and O–H groups in total. The van der Waals surface area contributed by atoms with Crippen LogP contribution in [0.1, 0.15) is 46.1 Å². The van der Waals surface area contributed by atoms with Crippen LogP contribution in [0.4, 0.5) is 4.79 Å². The zero-order valence-electron chi connectivity index (χ0n) is 24.3. The number of hydrogen-bond acceptors (Lipinski definition) is 8. The summed E-state index contributed by atoms with van der Waals surface area (Å²) in [6, 6.07) is 6.99. The van der Waals surface area contributed by atoms with Crippen LogP contribution in [-0.2, 0) is 11.2 Å². The highest BCUT2D eigenvalue weighted by Gasteiger charge is 2.26. The molecule has 0 aliphatic carbocycles. The number of nitrogens with two attached hydrogens (primary N) is 1. The lowest BCUT2D eigenvalue weighted by molar-refractivity contribution is -0.0622. The fraction of sp³-hybridized carbons (Fsp3) is 0.654. The molecule has 0 fully saturated rings. The van der Waals surface area contributed by atoms with E-state index >= 15 is 0 Å². The second-order valence-corrected chi connectivity index (χ2v) is 11.6. The molecule has 1 unspecified atom stereocenters. The SMILES string of the molecule is CN(C)[C@H](CNC(=O)NCC/C(=C/N(N)CC(C)(C)COC(C)(C)CCN=[N+]=[N-])NP)Cc1ccc(O)cc1. The smallest absolute Gasteiger partial charge is 0.314 e. The molecule has 0 aliphatic rings. The summed E-state index contributed by atoms with van der Waals surface area (Å²) in [5.41, 5.74) is 9.77. The van der Waals surface area contributed by atoms with Gasteiger partial charge in [0.2, 0.25) is 0 Å².